The zero-order chi connectivity index (χ0) is 19.2. The molecule has 0 fully saturated rings. The fourth-order valence-corrected chi connectivity index (χ4v) is 7.16. The van der Waals surface area contributed by atoms with Crippen molar-refractivity contribution in [2.75, 3.05) is 6.54 Å². The van der Waals surface area contributed by atoms with E-state index in [2.05, 4.69) is 12.1 Å². The van der Waals surface area contributed by atoms with E-state index < -0.39 is 10.0 Å². The van der Waals surface area contributed by atoms with Gasteiger partial charge in [-0.2, -0.15) is 4.31 Å². The summed E-state index contributed by atoms with van der Waals surface area (Å²) in [6.45, 7) is 6.28. The van der Waals surface area contributed by atoms with Gasteiger partial charge in [0.2, 0.25) is 10.0 Å². The summed E-state index contributed by atoms with van der Waals surface area (Å²) in [5.74, 6) is 0. The lowest BCUT2D eigenvalue weighted by atomic mass is 9.93. The fraction of sp³-hybridized carbons (Fsp3) is 0.273. The zero-order valence-electron chi connectivity index (χ0n) is 15.8. The maximum Gasteiger partial charge on any atom is 0.244 e. The van der Waals surface area contributed by atoms with E-state index in [0.717, 1.165) is 33.6 Å². The van der Waals surface area contributed by atoms with Crippen LogP contribution in [-0.4, -0.2) is 19.3 Å². The summed E-state index contributed by atoms with van der Waals surface area (Å²) in [5.41, 5.74) is 5.05. The van der Waals surface area contributed by atoms with Crippen LogP contribution in [0.1, 0.15) is 38.7 Å². The minimum Gasteiger partial charge on any atom is -0.207 e. The van der Waals surface area contributed by atoms with Crippen molar-refractivity contribution in [2.45, 2.75) is 38.1 Å². The van der Waals surface area contributed by atoms with Crippen molar-refractivity contribution < 1.29 is 8.42 Å². The largest absolute Gasteiger partial charge is 0.244 e. The van der Waals surface area contributed by atoms with Crippen LogP contribution in [0.2, 0.25) is 0 Å². The molecule has 2 heterocycles. The molecular formula is C22H23NO2S2. The highest BCUT2D eigenvalue weighted by atomic mass is 32.2. The van der Waals surface area contributed by atoms with Crippen LogP contribution in [0.15, 0.2) is 58.8 Å². The van der Waals surface area contributed by atoms with Crippen LogP contribution in [-0.2, 0) is 16.4 Å². The molecule has 140 valence electrons. The SMILES string of the molecule is Cc1cc(C)c(S(=O)(=O)N2CCc3ccccc3C2c2cccs2)c(C)c1. The van der Waals surface area contributed by atoms with Gasteiger partial charge in [-0.25, -0.2) is 8.42 Å². The number of rotatable bonds is 3. The number of sulfonamides is 1. The molecule has 1 unspecified atom stereocenters. The summed E-state index contributed by atoms with van der Waals surface area (Å²) >= 11 is 1.61. The Hall–Kier alpha value is -1.95. The summed E-state index contributed by atoms with van der Waals surface area (Å²) in [7, 11) is -3.62. The molecule has 1 aliphatic rings. The molecule has 0 N–H and O–H groups in total. The number of benzene rings is 2. The number of hydrogen-bond donors (Lipinski definition) is 0. The van der Waals surface area contributed by atoms with Crippen LogP contribution in [0.4, 0.5) is 0 Å². The minimum atomic E-state index is -3.62. The van der Waals surface area contributed by atoms with E-state index in [-0.39, 0.29) is 6.04 Å². The van der Waals surface area contributed by atoms with Crippen molar-refractivity contribution in [2.24, 2.45) is 0 Å². The van der Waals surface area contributed by atoms with Crippen LogP contribution in [0, 0.1) is 20.8 Å². The Morgan fingerprint density at radius 2 is 1.70 bits per heavy atom. The number of hydrogen-bond acceptors (Lipinski definition) is 3. The predicted octanol–water partition coefficient (Wildman–Crippen LogP) is 5.01. The van der Waals surface area contributed by atoms with Gasteiger partial charge in [-0.3, -0.25) is 0 Å². The quantitative estimate of drug-likeness (QED) is 0.623. The Labute approximate surface area is 165 Å². The standard InChI is InChI=1S/C22H23NO2S2/c1-15-13-16(2)22(17(3)14-15)27(24,25)23-11-10-18-7-4-5-8-19(18)21(23)20-9-6-12-26-20/h4-9,12-14,21H,10-11H2,1-3H3. The van der Waals surface area contributed by atoms with Crippen molar-refractivity contribution >= 4 is 21.4 Å². The lowest BCUT2D eigenvalue weighted by molar-refractivity contribution is 0.347. The minimum absolute atomic E-state index is 0.264. The molecular weight excluding hydrogens is 374 g/mol. The zero-order valence-corrected chi connectivity index (χ0v) is 17.4. The van der Waals surface area contributed by atoms with Gasteiger partial charge in [-0.1, -0.05) is 48.0 Å². The molecule has 0 saturated carbocycles. The number of aryl methyl sites for hydroxylation is 3. The first kappa shape index (κ1) is 18.4. The molecule has 0 saturated heterocycles. The molecule has 0 aliphatic carbocycles. The van der Waals surface area contributed by atoms with Crippen molar-refractivity contribution in [3.63, 3.8) is 0 Å². The first-order valence-corrected chi connectivity index (χ1v) is 11.4. The average Bonchev–Trinajstić information content (AvgIpc) is 3.13. The molecule has 2 aromatic carbocycles. The van der Waals surface area contributed by atoms with Crippen LogP contribution in [0.3, 0.4) is 0 Å². The first-order chi connectivity index (χ1) is 12.9. The van der Waals surface area contributed by atoms with E-state index in [1.54, 1.807) is 15.6 Å². The van der Waals surface area contributed by atoms with Crippen LogP contribution < -0.4 is 0 Å². The van der Waals surface area contributed by atoms with Crippen LogP contribution in [0.5, 0.6) is 0 Å². The van der Waals surface area contributed by atoms with E-state index in [1.165, 1.54) is 5.56 Å². The van der Waals surface area contributed by atoms with Gasteiger partial charge in [0.15, 0.2) is 0 Å². The highest BCUT2D eigenvalue weighted by molar-refractivity contribution is 7.89. The Morgan fingerprint density at radius 1 is 1.00 bits per heavy atom. The Kier molecular flexibility index (Phi) is 4.70. The lowest BCUT2D eigenvalue weighted by Crippen LogP contribution is -2.40. The highest BCUT2D eigenvalue weighted by Crippen LogP contribution is 2.41. The van der Waals surface area contributed by atoms with Gasteiger partial charge in [0.1, 0.15) is 0 Å². The van der Waals surface area contributed by atoms with Gasteiger partial charge in [0.05, 0.1) is 10.9 Å². The summed E-state index contributed by atoms with van der Waals surface area (Å²) in [5, 5.41) is 2.01. The maximum absolute atomic E-state index is 13.8. The first-order valence-electron chi connectivity index (χ1n) is 9.10. The third-order valence-corrected chi connectivity index (χ3v) is 8.32. The Balaban J connectivity index is 1.90. The van der Waals surface area contributed by atoms with Gasteiger partial charge in [0.25, 0.3) is 0 Å². The van der Waals surface area contributed by atoms with E-state index >= 15 is 0 Å². The third-order valence-electron chi connectivity index (χ3n) is 5.22. The van der Waals surface area contributed by atoms with Crippen molar-refractivity contribution in [3.8, 4) is 0 Å². The monoisotopic (exact) mass is 397 g/mol. The molecule has 0 radical (unpaired) electrons. The molecule has 0 bridgehead atoms. The van der Waals surface area contributed by atoms with E-state index in [4.69, 9.17) is 0 Å². The number of fused-ring (bicyclic) bond motifs is 1. The Morgan fingerprint density at radius 3 is 2.37 bits per heavy atom. The second-order valence-corrected chi connectivity index (χ2v) is 10.0. The summed E-state index contributed by atoms with van der Waals surface area (Å²) in [6, 6.07) is 15.9. The normalized spacial score (nSPS) is 17.7. The smallest absolute Gasteiger partial charge is 0.207 e. The maximum atomic E-state index is 13.8. The molecule has 3 nitrogen and oxygen atoms in total. The van der Waals surface area contributed by atoms with E-state index in [0.29, 0.717) is 11.4 Å². The third kappa shape index (κ3) is 3.14. The van der Waals surface area contributed by atoms with Gasteiger partial charge in [0, 0.05) is 11.4 Å². The predicted molar refractivity (Wildman–Crippen MR) is 111 cm³/mol. The highest BCUT2D eigenvalue weighted by Gasteiger charge is 2.39. The molecule has 27 heavy (non-hydrogen) atoms. The van der Waals surface area contributed by atoms with Gasteiger partial charge in [-0.15, -0.1) is 11.3 Å². The molecule has 1 aliphatic heterocycles. The van der Waals surface area contributed by atoms with Crippen molar-refractivity contribution in [3.05, 3.63) is 86.6 Å². The molecule has 4 rings (SSSR count). The van der Waals surface area contributed by atoms with Crippen molar-refractivity contribution in [1.82, 2.24) is 4.31 Å². The van der Waals surface area contributed by atoms with E-state index in [1.807, 2.05) is 62.5 Å². The van der Waals surface area contributed by atoms with Gasteiger partial charge >= 0.3 is 0 Å². The number of thiophene rings is 1. The molecule has 0 amide bonds. The molecule has 3 aromatic rings. The van der Waals surface area contributed by atoms with Gasteiger partial charge < -0.3 is 0 Å². The molecule has 1 aromatic heterocycles. The molecule has 5 heteroatoms. The second kappa shape index (κ2) is 6.89. The topological polar surface area (TPSA) is 37.4 Å². The molecule has 0 spiro atoms. The fourth-order valence-electron chi connectivity index (χ4n) is 4.24. The summed E-state index contributed by atoms with van der Waals surface area (Å²) in [6.07, 6.45) is 0.737. The van der Waals surface area contributed by atoms with E-state index in [9.17, 15) is 8.42 Å². The van der Waals surface area contributed by atoms with Crippen LogP contribution in [0.25, 0.3) is 0 Å². The second-order valence-electron chi connectivity index (χ2n) is 7.21. The van der Waals surface area contributed by atoms with Crippen molar-refractivity contribution in [1.29, 1.82) is 0 Å². The summed E-state index contributed by atoms with van der Waals surface area (Å²) in [4.78, 5) is 1.52. The van der Waals surface area contributed by atoms with Gasteiger partial charge in [-0.05, 0) is 60.9 Å². The number of nitrogens with zero attached hydrogens (tertiary/aromatic N) is 1. The average molecular weight is 398 g/mol. The lowest BCUT2D eigenvalue weighted by Gasteiger charge is -2.36. The Bertz CT molecular complexity index is 1060. The molecule has 1 atom stereocenters. The van der Waals surface area contributed by atoms with Crippen LogP contribution >= 0.6 is 11.3 Å². The summed E-state index contributed by atoms with van der Waals surface area (Å²) < 4.78 is 29.3.